The molecule has 0 amide bonds. The number of nitrogens with zero attached hydrogens (tertiary/aromatic N) is 6. The van der Waals surface area contributed by atoms with Crippen LogP contribution in [0.25, 0.3) is 34.7 Å². The van der Waals surface area contributed by atoms with Crippen molar-refractivity contribution in [1.29, 1.82) is 0 Å². The van der Waals surface area contributed by atoms with E-state index in [1.807, 2.05) is 27.7 Å². The zero-order valence-electron chi connectivity index (χ0n) is 37.5. The number of halogens is 2. The Morgan fingerprint density at radius 2 is 0.910 bits per heavy atom. The second-order valence-corrected chi connectivity index (χ2v) is 19.9. The first-order chi connectivity index (χ1) is 30.6. The molecular formula is C45H58F2N6O12S2-2. The van der Waals surface area contributed by atoms with E-state index in [9.17, 15) is 65.8 Å². The van der Waals surface area contributed by atoms with E-state index in [0.29, 0.717) is 45.0 Å². The molecule has 0 aliphatic carbocycles. The monoisotopic (exact) mass is 976 g/mol. The van der Waals surface area contributed by atoms with E-state index in [1.54, 1.807) is 0 Å². The van der Waals surface area contributed by atoms with Crippen LogP contribution in [0.3, 0.4) is 0 Å². The Morgan fingerprint density at radius 1 is 0.612 bits per heavy atom. The van der Waals surface area contributed by atoms with Crippen molar-refractivity contribution in [3.8, 4) is 22.5 Å². The average Bonchev–Trinajstić information content (AvgIpc) is 3.20. The smallest absolute Gasteiger partial charge is 0.239 e. The van der Waals surface area contributed by atoms with E-state index >= 15 is 0 Å². The SMILES string of the molecule is C.CC(C)c1nc(N(C)S(C)(=O)=O)nc(-c2ccc(F)cc2)c1/C=C/[C@@H](O)C[C@@H](O)CC(=O)[O-].CC(C)c1nc(N(C)S(C)(=O)=O)nc(-c2ccc(F)cc2)c1/C=C/[C@@H](O)C[C@@H](O)CC(=O)[O-]. The Bertz CT molecular complexity index is 2420. The molecule has 0 unspecified atom stereocenters. The van der Waals surface area contributed by atoms with Gasteiger partial charge in [0.15, 0.2) is 0 Å². The number of sulfonamides is 2. The van der Waals surface area contributed by atoms with Gasteiger partial charge in [0.25, 0.3) is 0 Å². The molecule has 2 heterocycles. The van der Waals surface area contributed by atoms with Gasteiger partial charge in [-0.1, -0.05) is 59.4 Å². The van der Waals surface area contributed by atoms with Crippen LogP contribution in [-0.4, -0.2) is 120 Å². The number of anilines is 2. The first-order valence-electron chi connectivity index (χ1n) is 20.3. The van der Waals surface area contributed by atoms with Gasteiger partial charge in [0.05, 0.1) is 59.7 Å². The summed E-state index contributed by atoms with van der Waals surface area (Å²) in [5.41, 5.74) is 3.52. The number of carbonyl (C=O) groups excluding carboxylic acids is 2. The second kappa shape index (κ2) is 24.8. The van der Waals surface area contributed by atoms with Gasteiger partial charge in [-0.2, -0.15) is 0 Å². The van der Waals surface area contributed by atoms with Crippen LogP contribution in [0.2, 0.25) is 0 Å². The Kier molecular flexibility index (Phi) is 21.3. The molecule has 4 N–H and O–H groups in total. The van der Waals surface area contributed by atoms with E-state index in [4.69, 9.17) is 0 Å². The summed E-state index contributed by atoms with van der Waals surface area (Å²) in [6.07, 6.45) is 1.16. The Labute approximate surface area is 390 Å². The molecule has 4 aromatic rings. The highest BCUT2D eigenvalue weighted by atomic mass is 32.2. The Balaban J connectivity index is 0.000000453. The standard InChI is InChI=1S/2C22H28FN3O6S.CH4/c2*1-13(2)20-18(10-9-16(27)11-17(28)12-19(29)30)21(14-5-7-15(23)8-6-14)25-22(24-20)26(3)33(4,31)32;/h2*5-10,13,16-17,27-28H,11-12H2,1-4H3,(H,29,30);1H4/p-2/b2*10-9+;/t2*16-,17-;/m11./s1. The molecule has 0 radical (unpaired) electrons. The van der Waals surface area contributed by atoms with Crippen molar-refractivity contribution in [3.63, 3.8) is 0 Å². The highest BCUT2D eigenvalue weighted by Crippen LogP contribution is 2.33. The third kappa shape index (κ3) is 17.4. The van der Waals surface area contributed by atoms with Gasteiger partial charge in [-0.15, -0.1) is 0 Å². The number of aliphatic hydroxyl groups is 4. The summed E-state index contributed by atoms with van der Waals surface area (Å²) in [4.78, 5) is 38.9. The maximum Gasteiger partial charge on any atom is 0.239 e. The van der Waals surface area contributed by atoms with Gasteiger partial charge >= 0.3 is 0 Å². The van der Waals surface area contributed by atoms with Crippen LogP contribution in [0.4, 0.5) is 20.7 Å². The number of rotatable bonds is 20. The summed E-state index contributed by atoms with van der Waals surface area (Å²) in [7, 11) is -4.67. The fourth-order valence-electron chi connectivity index (χ4n) is 6.07. The molecule has 67 heavy (non-hydrogen) atoms. The molecule has 2 aromatic heterocycles. The number of hydrogen-bond acceptors (Lipinski definition) is 16. The molecule has 0 bridgehead atoms. The molecule has 4 rings (SSSR count). The lowest BCUT2D eigenvalue weighted by molar-refractivity contribution is -0.309. The predicted molar refractivity (Wildman–Crippen MR) is 247 cm³/mol. The van der Waals surface area contributed by atoms with Crippen LogP contribution in [0.1, 0.15) is 95.2 Å². The van der Waals surface area contributed by atoms with E-state index in [-0.39, 0.29) is 44.0 Å². The van der Waals surface area contributed by atoms with Crippen LogP contribution in [0.15, 0.2) is 60.7 Å². The first-order valence-corrected chi connectivity index (χ1v) is 24.0. The lowest BCUT2D eigenvalue weighted by atomic mass is 9.97. The topological polar surface area (TPSA) is 287 Å². The number of hydrogen-bond donors (Lipinski definition) is 4. The molecule has 0 aliphatic heterocycles. The molecule has 0 spiro atoms. The summed E-state index contributed by atoms with van der Waals surface area (Å²) in [6, 6.07) is 10.9. The first kappa shape index (κ1) is 57.3. The van der Waals surface area contributed by atoms with Crippen molar-refractivity contribution in [2.24, 2.45) is 0 Å². The van der Waals surface area contributed by atoms with Crippen LogP contribution in [0.5, 0.6) is 0 Å². The maximum atomic E-state index is 13.5. The number of carboxylic acid groups (broad SMARTS) is 2. The number of benzene rings is 2. The van der Waals surface area contributed by atoms with Gasteiger partial charge in [-0.3, -0.25) is 0 Å². The minimum atomic E-state index is -3.66. The summed E-state index contributed by atoms with van der Waals surface area (Å²) >= 11 is 0. The molecule has 368 valence electrons. The van der Waals surface area contributed by atoms with Crippen molar-refractivity contribution in [2.45, 2.75) is 97.1 Å². The summed E-state index contributed by atoms with van der Waals surface area (Å²) in [6.45, 7) is 7.38. The largest absolute Gasteiger partial charge is 0.550 e. The lowest BCUT2D eigenvalue weighted by Gasteiger charge is -2.20. The van der Waals surface area contributed by atoms with Crippen molar-refractivity contribution in [3.05, 3.63) is 94.8 Å². The van der Waals surface area contributed by atoms with Crippen molar-refractivity contribution in [2.75, 3.05) is 35.2 Å². The fraction of sp³-hybridized carbons (Fsp3) is 0.422. The maximum absolute atomic E-state index is 13.5. The Hall–Kier alpha value is -5.78. The third-order valence-electron chi connectivity index (χ3n) is 9.62. The average molecular weight is 977 g/mol. The summed E-state index contributed by atoms with van der Waals surface area (Å²) in [5, 5.41) is 61.1. The summed E-state index contributed by atoms with van der Waals surface area (Å²) < 4.78 is 77.1. The van der Waals surface area contributed by atoms with Gasteiger partial charge in [-0.25, -0.2) is 54.2 Å². The second-order valence-electron chi connectivity index (χ2n) is 15.9. The van der Waals surface area contributed by atoms with E-state index in [1.165, 1.54) is 86.9 Å². The highest BCUT2D eigenvalue weighted by molar-refractivity contribution is 7.92. The normalized spacial score (nSPS) is 13.7. The molecule has 0 fully saturated rings. The molecular weight excluding hydrogens is 919 g/mol. The van der Waals surface area contributed by atoms with E-state index in [2.05, 4.69) is 19.9 Å². The lowest BCUT2D eigenvalue weighted by Crippen LogP contribution is -2.29. The van der Waals surface area contributed by atoms with Crippen molar-refractivity contribution in [1.82, 2.24) is 19.9 Å². The number of carbonyl (C=O) groups is 2. The fourth-order valence-corrected chi connectivity index (χ4v) is 6.83. The van der Waals surface area contributed by atoms with Crippen LogP contribution >= 0.6 is 0 Å². The Morgan fingerprint density at radius 3 is 1.16 bits per heavy atom. The minimum absolute atomic E-state index is 0. The number of aliphatic carboxylic acids is 2. The van der Waals surface area contributed by atoms with E-state index < -0.39 is 80.9 Å². The van der Waals surface area contributed by atoms with Crippen molar-refractivity contribution >= 4 is 56.0 Å². The molecule has 2 aromatic carbocycles. The predicted octanol–water partition coefficient (Wildman–Crippen LogP) is 2.77. The van der Waals surface area contributed by atoms with Gasteiger partial charge in [0, 0.05) is 74.0 Å². The number of aliphatic hydroxyl groups excluding tert-OH is 4. The zero-order valence-corrected chi connectivity index (χ0v) is 39.2. The molecule has 0 saturated heterocycles. The van der Waals surface area contributed by atoms with Gasteiger partial charge < -0.3 is 40.2 Å². The van der Waals surface area contributed by atoms with Crippen molar-refractivity contribution < 1.29 is 65.8 Å². The van der Waals surface area contributed by atoms with Gasteiger partial charge in [-0.05, 0) is 60.4 Å². The molecule has 4 atom stereocenters. The summed E-state index contributed by atoms with van der Waals surface area (Å²) in [5.74, 6) is -4.28. The molecule has 0 aliphatic rings. The number of aromatic nitrogens is 4. The zero-order chi connectivity index (χ0) is 49.8. The third-order valence-corrected chi connectivity index (χ3v) is 11.9. The molecule has 18 nitrogen and oxygen atoms in total. The van der Waals surface area contributed by atoms with Crippen LogP contribution in [-0.2, 0) is 29.6 Å². The van der Waals surface area contributed by atoms with Crippen LogP contribution < -0.4 is 18.8 Å². The number of carboxylic acids is 2. The van der Waals surface area contributed by atoms with Gasteiger partial charge in [0.2, 0.25) is 31.9 Å². The molecule has 0 saturated carbocycles. The van der Waals surface area contributed by atoms with Gasteiger partial charge in [0.1, 0.15) is 11.6 Å². The molecule has 22 heteroatoms. The van der Waals surface area contributed by atoms with E-state index in [0.717, 1.165) is 21.1 Å². The minimum Gasteiger partial charge on any atom is -0.550 e. The quantitative estimate of drug-likeness (QED) is 0.0990. The highest BCUT2D eigenvalue weighted by Gasteiger charge is 2.24. The van der Waals surface area contributed by atoms with Crippen LogP contribution in [0, 0.1) is 11.6 Å².